The van der Waals surface area contributed by atoms with E-state index >= 15 is 0 Å². The molecule has 0 unspecified atom stereocenters. The van der Waals surface area contributed by atoms with Crippen LogP contribution in [0, 0.1) is 5.41 Å². The predicted molar refractivity (Wildman–Crippen MR) is 59.3 cm³/mol. The third-order valence-corrected chi connectivity index (χ3v) is 2.46. The fraction of sp³-hybridized carbons (Fsp3) is 0.800. The molecule has 0 radical (unpaired) electrons. The van der Waals surface area contributed by atoms with Gasteiger partial charge in [-0.3, -0.25) is 0 Å². The molecule has 0 aliphatic carbocycles. The largest absolute Gasteiger partial charge is 0.444 e. The molecule has 1 saturated heterocycles. The maximum absolute atomic E-state index is 11.6. The lowest BCUT2D eigenvalue weighted by molar-refractivity contribution is -0.00989. The number of likely N-dealkylation sites (tertiary alicyclic amines) is 1. The highest BCUT2D eigenvalue weighted by molar-refractivity contribution is 5.88. The second kappa shape index (κ2) is 3.84. The van der Waals surface area contributed by atoms with Gasteiger partial charge < -0.3 is 20.6 Å². The van der Waals surface area contributed by atoms with Crippen LogP contribution in [0.25, 0.3) is 0 Å². The van der Waals surface area contributed by atoms with E-state index in [4.69, 9.17) is 15.7 Å². The van der Waals surface area contributed by atoms with Gasteiger partial charge in [-0.05, 0) is 27.7 Å². The van der Waals surface area contributed by atoms with Crippen molar-refractivity contribution in [2.24, 2.45) is 16.3 Å². The number of nitrogens with two attached hydrogens (primary N) is 1. The zero-order valence-corrected chi connectivity index (χ0v) is 10.1. The molecule has 1 fully saturated rings. The maximum Gasteiger partial charge on any atom is 0.410 e. The molecule has 0 aromatic heterocycles. The Morgan fingerprint density at radius 2 is 2.00 bits per heavy atom. The van der Waals surface area contributed by atoms with Crippen molar-refractivity contribution in [2.45, 2.75) is 33.3 Å². The van der Waals surface area contributed by atoms with Crippen LogP contribution in [-0.4, -0.2) is 40.7 Å². The van der Waals surface area contributed by atoms with Crippen LogP contribution in [0.3, 0.4) is 0 Å². The number of ether oxygens (including phenoxy) is 1. The van der Waals surface area contributed by atoms with Crippen molar-refractivity contribution in [1.82, 2.24) is 4.90 Å². The molecule has 0 aromatic carbocycles. The molecule has 0 spiro atoms. The number of rotatable bonds is 1. The lowest BCUT2D eigenvalue weighted by Gasteiger charge is -2.46. The summed E-state index contributed by atoms with van der Waals surface area (Å²) in [7, 11) is 0. The standard InChI is InChI=1S/C10H19N3O3/c1-9(2,3)16-8(14)13-5-10(4,6-13)7(11)12-15/h15H,5-6H2,1-4H3,(H2,11,12). The average molecular weight is 229 g/mol. The number of carbonyl (C=O) groups excluding carboxylic acids is 1. The van der Waals surface area contributed by atoms with Gasteiger partial charge in [-0.1, -0.05) is 5.16 Å². The van der Waals surface area contributed by atoms with E-state index in [-0.39, 0.29) is 11.9 Å². The highest BCUT2D eigenvalue weighted by atomic mass is 16.6. The molecule has 1 aliphatic heterocycles. The molecule has 6 heteroatoms. The van der Waals surface area contributed by atoms with Gasteiger partial charge in [-0.2, -0.15) is 0 Å². The SMILES string of the molecule is CC(C)(C)OC(=O)N1CC(C)(/C(N)=N/O)C1. The van der Waals surface area contributed by atoms with E-state index in [9.17, 15) is 4.79 Å². The molecule has 92 valence electrons. The third kappa shape index (κ3) is 2.56. The molecule has 0 saturated carbocycles. The monoisotopic (exact) mass is 229 g/mol. The minimum atomic E-state index is -0.500. The lowest BCUT2D eigenvalue weighted by Crippen LogP contribution is -2.63. The van der Waals surface area contributed by atoms with Crippen LogP contribution in [0.15, 0.2) is 5.16 Å². The highest BCUT2D eigenvalue weighted by Gasteiger charge is 2.46. The Hall–Kier alpha value is -1.46. The minimum Gasteiger partial charge on any atom is -0.444 e. The van der Waals surface area contributed by atoms with Crippen molar-refractivity contribution in [3.8, 4) is 0 Å². The Kier molecular flexibility index (Phi) is 3.03. The van der Waals surface area contributed by atoms with Crippen LogP contribution in [0.5, 0.6) is 0 Å². The number of oxime groups is 1. The van der Waals surface area contributed by atoms with Gasteiger partial charge in [0.2, 0.25) is 0 Å². The topological polar surface area (TPSA) is 88.2 Å². The van der Waals surface area contributed by atoms with Gasteiger partial charge in [0.1, 0.15) is 11.4 Å². The quantitative estimate of drug-likeness (QED) is 0.304. The van der Waals surface area contributed by atoms with E-state index < -0.39 is 11.0 Å². The summed E-state index contributed by atoms with van der Waals surface area (Å²) >= 11 is 0. The van der Waals surface area contributed by atoms with E-state index in [1.807, 2.05) is 27.7 Å². The molecule has 0 aromatic rings. The highest BCUT2D eigenvalue weighted by Crippen LogP contribution is 2.31. The number of nitrogens with zero attached hydrogens (tertiary/aromatic N) is 2. The Balaban J connectivity index is 2.50. The first-order valence-electron chi connectivity index (χ1n) is 5.14. The van der Waals surface area contributed by atoms with Crippen LogP contribution in [0.1, 0.15) is 27.7 Å². The Bertz CT molecular complexity index is 314. The normalized spacial score (nSPS) is 20.2. The molecule has 0 atom stereocenters. The summed E-state index contributed by atoms with van der Waals surface area (Å²) in [6, 6.07) is 0. The van der Waals surface area contributed by atoms with Crippen molar-refractivity contribution >= 4 is 11.9 Å². The third-order valence-electron chi connectivity index (χ3n) is 2.46. The van der Waals surface area contributed by atoms with Crippen LogP contribution in [0.2, 0.25) is 0 Å². The molecule has 0 bridgehead atoms. The summed E-state index contributed by atoms with van der Waals surface area (Å²) in [5.74, 6) is 0.146. The van der Waals surface area contributed by atoms with Gasteiger partial charge in [0.05, 0.1) is 5.41 Å². The van der Waals surface area contributed by atoms with Crippen molar-refractivity contribution in [2.75, 3.05) is 13.1 Å². The van der Waals surface area contributed by atoms with Gasteiger partial charge in [-0.15, -0.1) is 0 Å². The molecule has 3 N–H and O–H groups in total. The average Bonchev–Trinajstić information content (AvgIpc) is 2.08. The zero-order chi connectivity index (χ0) is 12.6. The fourth-order valence-electron chi connectivity index (χ4n) is 1.53. The summed E-state index contributed by atoms with van der Waals surface area (Å²) in [4.78, 5) is 13.1. The summed E-state index contributed by atoms with van der Waals surface area (Å²) in [5.41, 5.74) is 4.58. The first-order chi connectivity index (χ1) is 7.18. The second-order valence-corrected chi connectivity index (χ2v) is 5.38. The number of amidine groups is 1. The molecule has 6 nitrogen and oxygen atoms in total. The molecule has 16 heavy (non-hydrogen) atoms. The second-order valence-electron chi connectivity index (χ2n) is 5.38. The van der Waals surface area contributed by atoms with Gasteiger partial charge >= 0.3 is 6.09 Å². The summed E-state index contributed by atoms with van der Waals surface area (Å²) < 4.78 is 5.19. The lowest BCUT2D eigenvalue weighted by atomic mass is 9.81. The molecule has 1 rings (SSSR count). The first kappa shape index (κ1) is 12.6. The van der Waals surface area contributed by atoms with E-state index in [0.29, 0.717) is 13.1 Å². The van der Waals surface area contributed by atoms with E-state index in [1.165, 1.54) is 4.90 Å². The molecule has 1 aliphatic rings. The number of carbonyl (C=O) groups is 1. The molecular formula is C10H19N3O3. The van der Waals surface area contributed by atoms with E-state index in [0.717, 1.165) is 0 Å². The number of hydrogen-bond donors (Lipinski definition) is 2. The number of hydrogen-bond acceptors (Lipinski definition) is 4. The fourth-order valence-corrected chi connectivity index (χ4v) is 1.53. The Morgan fingerprint density at radius 1 is 1.50 bits per heavy atom. The molecular weight excluding hydrogens is 210 g/mol. The van der Waals surface area contributed by atoms with Crippen LogP contribution in [-0.2, 0) is 4.74 Å². The Morgan fingerprint density at radius 3 is 2.38 bits per heavy atom. The summed E-state index contributed by atoms with van der Waals surface area (Å²) in [6.07, 6.45) is -0.365. The van der Waals surface area contributed by atoms with Crippen LogP contribution < -0.4 is 5.73 Å². The number of amides is 1. The Labute approximate surface area is 95.0 Å². The maximum atomic E-state index is 11.6. The van der Waals surface area contributed by atoms with Crippen molar-refractivity contribution < 1.29 is 14.7 Å². The summed E-state index contributed by atoms with van der Waals surface area (Å²) in [5, 5.41) is 11.5. The van der Waals surface area contributed by atoms with E-state index in [1.54, 1.807) is 0 Å². The van der Waals surface area contributed by atoms with Crippen molar-refractivity contribution in [3.05, 3.63) is 0 Å². The smallest absolute Gasteiger partial charge is 0.410 e. The van der Waals surface area contributed by atoms with Crippen LogP contribution >= 0.6 is 0 Å². The van der Waals surface area contributed by atoms with E-state index in [2.05, 4.69) is 5.16 Å². The van der Waals surface area contributed by atoms with Crippen molar-refractivity contribution in [3.63, 3.8) is 0 Å². The summed E-state index contributed by atoms with van der Waals surface area (Å²) in [6.45, 7) is 8.10. The predicted octanol–water partition coefficient (Wildman–Crippen LogP) is 0.990. The zero-order valence-electron chi connectivity index (χ0n) is 10.1. The molecule has 1 amide bonds. The van der Waals surface area contributed by atoms with Gasteiger partial charge in [-0.25, -0.2) is 4.79 Å². The first-order valence-corrected chi connectivity index (χ1v) is 5.14. The minimum absolute atomic E-state index is 0.146. The van der Waals surface area contributed by atoms with Crippen molar-refractivity contribution in [1.29, 1.82) is 0 Å². The van der Waals surface area contributed by atoms with Gasteiger partial charge in [0, 0.05) is 13.1 Å². The van der Waals surface area contributed by atoms with Gasteiger partial charge in [0.15, 0.2) is 0 Å². The van der Waals surface area contributed by atoms with Crippen LogP contribution in [0.4, 0.5) is 4.79 Å². The molecule has 1 heterocycles. The van der Waals surface area contributed by atoms with Gasteiger partial charge in [0.25, 0.3) is 0 Å².